The highest BCUT2D eigenvalue weighted by Crippen LogP contribution is 2.33. The molecule has 0 saturated heterocycles. The van der Waals surface area contributed by atoms with Gasteiger partial charge >= 0.3 is 6.18 Å². The van der Waals surface area contributed by atoms with Crippen LogP contribution in [0.4, 0.5) is 23.2 Å². The summed E-state index contributed by atoms with van der Waals surface area (Å²) in [5.74, 6) is -1.84. The molecule has 28 heavy (non-hydrogen) atoms. The van der Waals surface area contributed by atoms with Crippen LogP contribution in [0.25, 0.3) is 0 Å². The lowest BCUT2D eigenvalue weighted by molar-refractivity contribution is -0.137. The van der Waals surface area contributed by atoms with Crippen LogP contribution >= 0.6 is 11.6 Å². The molecular weight excluding hydrogens is 402 g/mol. The molecule has 0 aliphatic rings. The Kier molecular flexibility index (Phi) is 7.11. The summed E-state index contributed by atoms with van der Waals surface area (Å²) < 4.78 is 51.5. The van der Waals surface area contributed by atoms with Crippen molar-refractivity contribution in [1.29, 1.82) is 0 Å². The molecule has 0 heterocycles. The highest BCUT2D eigenvalue weighted by molar-refractivity contribution is 6.33. The lowest BCUT2D eigenvalue weighted by Gasteiger charge is -2.11. The number of carbonyl (C=O) groups excluding carboxylic acids is 2. The lowest BCUT2D eigenvalue weighted by atomic mass is 10.2. The highest BCUT2D eigenvalue weighted by atomic mass is 35.5. The first-order valence-corrected chi connectivity index (χ1v) is 8.27. The maximum Gasteiger partial charge on any atom is 0.416 e. The highest BCUT2D eigenvalue weighted by Gasteiger charge is 2.31. The van der Waals surface area contributed by atoms with Crippen molar-refractivity contribution in [2.75, 3.05) is 5.32 Å². The first kappa shape index (κ1) is 21.4. The second-order valence-electron chi connectivity index (χ2n) is 5.56. The van der Waals surface area contributed by atoms with Crippen LogP contribution in [-0.4, -0.2) is 18.0 Å². The Labute approximate surface area is 162 Å². The Morgan fingerprint density at radius 2 is 1.75 bits per heavy atom. The Bertz CT molecular complexity index is 901. The largest absolute Gasteiger partial charge is 0.416 e. The van der Waals surface area contributed by atoms with Gasteiger partial charge in [0.05, 0.1) is 22.5 Å². The third-order valence-electron chi connectivity index (χ3n) is 3.45. The molecule has 0 spiro atoms. The van der Waals surface area contributed by atoms with E-state index in [4.69, 9.17) is 11.6 Å². The number of alkyl halides is 3. The minimum Gasteiger partial charge on any atom is -0.325 e. The molecule has 0 saturated carbocycles. The molecule has 2 N–H and O–H groups in total. The van der Waals surface area contributed by atoms with E-state index in [9.17, 15) is 27.2 Å². The van der Waals surface area contributed by atoms with Crippen molar-refractivity contribution >= 4 is 35.3 Å². The molecule has 0 aliphatic carbocycles. The minimum atomic E-state index is -4.58. The maximum atomic E-state index is 13.4. The molecule has 2 aromatic carbocycles. The zero-order valence-corrected chi connectivity index (χ0v) is 14.9. The third kappa shape index (κ3) is 6.34. The van der Waals surface area contributed by atoms with Gasteiger partial charge in [-0.05, 0) is 24.3 Å². The number of hydrazone groups is 1. The number of nitrogens with zero attached hydrogens (tertiary/aromatic N) is 1. The molecule has 2 rings (SSSR count). The molecule has 148 valence electrons. The van der Waals surface area contributed by atoms with Crippen molar-refractivity contribution in [1.82, 2.24) is 5.43 Å². The van der Waals surface area contributed by atoms with Gasteiger partial charge in [-0.3, -0.25) is 9.59 Å². The van der Waals surface area contributed by atoms with Crippen LogP contribution in [0.2, 0.25) is 5.02 Å². The van der Waals surface area contributed by atoms with Gasteiger partial charge in [0.1, 0.15) is 5.82 Å². The van der Waals surface area contributed by atoms with E-state index in [1.807, 2.05) is 0 Å². The molecule has 0 aromatic heterocycles. The maximum absolute atomic E-state index is 13.4. The summed E-state index contributed by atoms with van der Waals surface area (Å²) in [4.78, 5) is 23.5. The predicted molar refractivity (Wildman–Crippen MR) is 96.5 cm³/mol. The van der Waals surface area contributed by atoms with Gasteiger partial charge in [-0.25, -0.2) is 9.82 Å². The monoisotopic (exact) mass is 415 g/mol. The van der Waals surface area contributed by atoms with E-state index >= 15 is 0 Å². The Balaban J connectivity index is 1.85. The minimum absolute atomic E-state index is 0.0692. The van der Waals surface area contributed by atoms with Gasteiger partial charge in [-0.2, -0.15) is 18.3 Å². The smallest absolute Gasteiger partial charge is 0.325 e. The summed E-state index contributed by atoms with van der Waals surface area (Å²) in [5, 5.41) is 5.73. The van der Waals surface area contributed by atoms with Crippen LogP contribution in [0.3, 0.4) is 0 Å². The fourth-order valence-electron chi connectivity index (χ4n) is 2.05. The normalized spacial score (nSPS) is 11.5. The third-order valence-corrected chi connectivity index (χ3v) is 3.77. The average molecular weight is 416 g/mol. The van der Waals surface area contributed by atoms with E-state index in [1.165, 1.54) is 18.2 Å². The fraction of sp³-hybridized carbons (Fsp3) is 0.167. The van der Waals surface area contributed by atoms with Gasteiger partial charge in [-0.1, -0.05) is 29.8 Å². The van der Waals surface area contributed by atoms with Crippen LogP contribution in [-0.2, 0) is 15.8 Å². The quantitative estimate of drug-likeness (QED) is 0.418. The number of amides is 2. The van der Waals surface area contributed by atoms with E-state index < -0.39 is 29.4 Å². The number of benzene rings is 2. The summed E-state index contributed by atoms with van der Waals surface area (Å²) >= 11 is 5.78. The summed E-state index contributed by atoms with van der Waals surface area (Å²) in [7, 11) is 0. The summed E-state index contributed by atoms with van der Waals surface area (Å²) in [6, 6.07) is 8.29. The van der Waals surface area contributed by atoms with Crippen LogP contribution in [0.5, 0.6) is 0 Å². The van der Waals surface area contributed by atoms with E-state index in [-0.39, 0.29) is 29.1 Å². The van der Waals surface area contributed by atoms with Gasteiger partial charge in [0.15, 0.2) is 0 Å². The zero-order valence-electron chi connectivity index (χ0n) is 14.2. The second kappa shape index (κ2) is 9.32. The topological polar surface area (TPSA) is 70.6 Å². The standard InChI is InChI=1S/C18H14ClF4N3O2/c19-13-6-5-12(18(21,22)23)9-15(13)25-16(27)7-8-17(28)26-24-10-11-3-1-2-4-14(11)20/h1-6,9-10H,7-8H2,(H,25,27)(H,26,28). The van der Waals surface area contributed by atoms with E-state index in [0.29, 0.717) is 6.07 Å². The first-order chi connectivity index (χ1) is 13.2. The van der Waals surface area contributed by atoms with Crippen LogP contribution in [0.1, 0.15) is 24.0 Å². The number of carbonyl (C=O) groups is 2. The molecular formula is C18H14ClF4N3O2. The molecule has 2 amide bonds. The Morgan fingerprint density at radius 3 is 2.43 bits per heavy atom. The second-order valence-corrected chi connectivity index (χ2v) is 5.96. The van der Waals surface area contributed by atoms with E-state index in [2.05, 4.69) is 15.8 Å². The SMILES string of the molecule is O=C(CCC(=O)Nc1cc(C(F)(F)F)ccc1Cl)NN=Cc1ccccc1F. The number of hydrogen-bond donors (Lipinski definition) is 2. The zero-order chi connectivity index (χ0) is 20.7. The molecule has 0 aliphatic heterocycles. The van der Waals surface area contributed by atoms with Crippen molar-refractivity contribution in [3.05, 3.63) is 64.4 Å². The Morgan fingerprint density at radius 1 is 1.07 bits per heavy atom. The summed E-state index contributed by atoms with van der Waals surface area (Å²) in [6.07, 6.45) is -4.07. The molecule has 0 bridgehead atoms. The van der Waals surface area contributed by atoms with Crippen molar-refractivity contribution < 1.29 is 27.2 Å². The van der Waals surface area contributed by atoms with Crippen molar-refractivity contribution in [3.8, 4) is 0 Å². The fourth-order valence-corrected chi connectivity index (χ4v) is 2.21. The van der Waals surface area contributed by atoms with Gasteiger partial charge in [-0.15, -0.1) is 0 Å². The lowest BCUT2D eigenvalue weighted by Crippen LogP contribution is -2.21. The van der Waals surface area contributed by atoms with Crippen LogP contribution in [0.15, 0.2) is 47.6 Å². The molecule has 10 heteroatoms. The molecule has 0 radical (unpaired) electrons. The number of hydrogen-bond acceptors (Lipinski definition) is 3. The van der Waals surface area contributed by atoms with Gasteiger partial charge < -0.3 is 5.32 Å². The summed E-state index contributed by atoms with van der Waals surface area (Å²) in [6.45, 7) is 0. The van der Waals surface area contributed by atoms with Crippen LogP contribution in [0, 0.1) is 5.82 Å². The van der Waals surface area contributed by atoms with Crippen molar-refractivity contribution in [3.63, 3.8) is 0 Å². The van der Waals surface area contributed by atoms with E-state index in [0.717, 1.165) is 18.3 Å². The average Bonchev–Trinajstić information content (AvgIpc) is 2.62. The number of halogens is 5. The molecule has 0 unspecified atom stereocenters. The first-order valence-electron chi connectivity index (χ1n) is 7.90. The van der Waals surface area contributed by atoms with Gasteiger partial charge in [0, 0.05) is 18.4 Å². The summed E-state index contributed by atoms with van der Waals surface area (Å²) in [5.41, 5.74) is 1.12. The van der Waals surface area contributed by atoms with Crippen LogP contribution < -0.4 is 10.7 Å². The predicted octanol–water partition coefficient (Wildman–Crippen LogP) is 4.37. The van der Waals surface area contributed by atoms with Gasteiger partial charge in [0.2, 0.25) is 11.8 Å². The van der Waals surface area contributed by atoms with Crippen molar-refractivity contribution in [2.45, 2.75) is 19.0 Å². The molecule has 2 aromatic rings. The number of anilines is 1. The molecule has 0 fully saturated rings. The molecule has 5 nitrogen and oxygen atoms in total. The number of rotatable bonds is 6. The Hall–Kier alpha value is -2.94. The van der Waals surface area contributed by atoms with Crippen molar-refractivity contribution in [2.24, 2.45) is 5.10 Å². The van der Waals surface area contributed by atoms with E-state index in [1.54, 1.807) is 6.07 Å². The molecule has 0 atom stereocenters. The van der Waals surface area contributed by atoms with Gasteiger partial charge in [0.25, 0.3) is 0 Å². The number of nitrogens with one attached hydrogen (secondary N) is 2.